The number of carbonyl (C=O) groups is 2. The Hall–Kier alpha value is -2.94. The highest BCUT2D eigenvalue weighted by Gasteiger charge is 2.38. The number of amides is 1. The minimum absolute atomic E-state index is 0.103. The Balaban J connectivity index is 0.000000383. The molecule has 6 nitrogen and oxygen atoms in total. The molecule has 1 aromatic heterocycles. The number of nitrogens with zero attached hydrogens (tertiary/aromatic N) is 2. The van der Waals surface area contributed by atoms with Gasteiger partial charge in [0.05, 0.1) is 6.10 Å². The lowest BCUT2D eigenvalue weighted by atomic mass is 9.88. The maximum Gasteiger partial charge on any atom is 0.490 e. The van der Waals surface area contributed by atoms with E-state index >= 15 is 0 Å². The molecule has 4 rings (SSSR count). The van der Waals surface area contributed by atoms with E-state index in [2.05, 4.69) is 29.2 Å². The van der Waals surface area contributed by atoms with Crippen LogP contribution in [-0.4, -0.2) is 58.8 Å². The molecule has 0 spiro atoms. The summed E-state index contributed by atoms with van der Waals surface area (Å²) in [6.07, 6.45) is 3.01. The van der Waals surface area contributed by atoms with Crippen LogP contribution in [0.15, 0.2) is 54.9 Å². The highest BCUT2D eigenvalue weighted by Crippen LogP contribution is 2.32. The molecule has 2 aromatic rings. The summed E-state index contributed by atoms with van der Waals surface area (Å²) in [7, 11) is 0. The molecule has 2 aliphatic rings. The second kappa shape index (κ2) is 11.3. The lowest BCUT2D eigenvalue weighted by Crippen LogP contribution is -2.47. The van der Waals surface area contributed by atoms with Crippen molar-refractivity contribution in [1.82, 2.24) is 9.88 Å². The van der Waals surface area contributed by atoms with E-state index < -0.39 is 12.1 Å². The van der Waals surface area contributed by atoms with Crippen LogP contribution < -0.4 is 0 Å². The summed E-state index contributed by atoms with van der Waals surface area (Å²) in [6, 6.07) is 14.1. The molecule has 0 unspecified atom stereocenters. The van der Waals surface area contributed by atoms with E-state index in [0.717, 1.165) is 44.0 Å². The van der Waals surface area contributed by atoms with Crippen molar-refractivity contribution in [2.24, 2.45) is 11.8 Å². The first-order valence-corrected chi connectivity index (χ1v) is 10.9. The van der Waals surface area contributed by atoms with Gasteiger partial charge in [0.15, 0.2) is 0 Å². The molecule has 1 N–H and O–H groups in total. The van der Waals surface area contributed by atoms with E-state index in [1.54, 1.807) is 24.5 Å². The molecule has 0 bridgehead atoms. The third kappa shape index (κ3) is 7.85. The molecule has 1 amide bonds. The third-order valence-corrected chi connectivity index (χ3v) is 5.70. The van der Waals surface area contributed by atoms with Crippen LogP contribution in [-0.2, 0) is 16.0 Å². The Morgan fingerprint density at radius 1 is 1.06 bits per heavy atom. The highest BCUT2D eigenvalue weighted by atomic mass is 19.4. The summed E-state index contributed by atoms with van der Waals surface area (Å²) in [5, 5.41) is 7.12. The van der Waals surface area contributed by atoms with Gasteiger partial charge in [-0.1, -0.05) is 30.3 Å². The minimum atomic E-state index is -5.08. The number of alkyl halides is 3. The number of aliphatic carboxylic acids is 1. The molecule has 1 aliphatic heterocycles. The van der Waals surface area contributed by atoms with E-state index in [9.17, 15) is 18.0 Å². The predicted molar refractivity (Wildman–Crippen MR) is 115 cm³/mol. The number of carbonyl (C=O) groups excluding carboxylic acids is 1. The van der Waals surface area contributed by atoms with E-state index in [4.69, 9.17) is 14.6 Å². The fraction of sp³-hybridized carbons (Fsp3) is 0.458. The fourth-order valence-corrected chi connectivity index (χ4v) is 3.75. The molecule has 2 fully saturated rings. The van der Waals surface area contributed by atoms with Crippen LogP contribution in [0.2, 0.25) is 0 Å². The average molecular weight is 464 g/mol. The van der Waals surface area contributed by atoms with Crippen LogP contribution >= 0.6 is 0 Å². The zero-order valence-corrected chi connectivity index (χ0v) is 18.1. The van der Waals surface area contributed by atoms with Gasteiger partial charge < -0.3 is 14.7 Å². The Kier molecular flexibility index (Phi) is 8.43. The molecule has 2 heterocycles. The summed E-state index contributed by atoms with van der Waals surface area (Å²) in [5.74, 6) is -1.54. The number of halogens is 3. The van der Waals surface area contributed by atoms with Gasteiger partial charge in [-0.3, -0.25) is 9.78 Å². The largest absolute Gasteiger partial charge is 0.490 e. The topological polar surface area (TPSA) is 79.7 Å². The molecular formula is C24H27F3N2O4. The normalized spacial score (nSPS) is 20.5. The SMILES string of the molecule is O=C(O)C(F)(F)F.O=C(c1ccncc1)N1CC[C@@H](OCC2CC2)[C@@H](Cc2ccccc2)C1. The second-order valence-corrected chi connectivity index (χ2v) is 8.34. The number of carboxylic acid groups (broad SMARTS) is 1. The molecule has 2 atom stereocenters. The zero-order chi connectivity index (χ0) is 23.8. The molecular weight excluding hydrogens is 437 g/mol. The second-order valence-electron chi connectivity index (χ2n) is 8.34. The summed E-state index contributed by atoms with van der Waals surface area (Å²) < 4.78 is 38.0. The summed E-state index contributed by atoms with van der Waals surface area (Å²) in [5.41, 5.74) is 2.03. The molecule has 9 heteroatoms. The van der Waals surface area contributed by atoms with Gasteiger partial charge in [0.2, 0.25) is 0 Å². The maximum absolute atomic E-state index is 12.8. The van der Waals surface area contributed by atoms with Gasteiger partial charge in [-0.15, -0.1) is 0 Å². The van der Waals surface area contributed by atoms with Crippen molar-refractivity contribution in [2.45, 2.75) is 38.0 Å². The van der Waals surface area contributed by atoms with Crippen LogP contribution in [0.4, 0.5) is 13.2 Å². The van der Waals surface area contributed by atoms with Gasteiger partial charge in [-0.25, -0.2) is 4.79 Å². The predicted octanol–water partition coefficient (Wildman–Crippen LogP) is 4.21. The van der Waals surface area contributed by atoms with Gasteiger partial charge in [0, 0.05) is 43.6 Å². The van der Waals surface area contributed by atoms with Gasteiger partial charge in [0.1, 0.15) is 0 Å². The van der Waals surface area contributed by atoms with Crippen molar-refractivity contribution >= 4 is 11.9 Å². The van der Waals surface area contributed by atoms with Gasteiger partial charge >= 0.3 is 12.1 Å². The van der Waals surface area contributed by atoms with E-state index in [1.807, 2.05) is 11.0 Å². The molecule has 1 saturated heterocycles. The molecule has 1 aliphatic carbocycles. The van der Waals surface area contributed by atoms with Gasteiger partial charge in [-0.2, -0.15) is 13.2 Å². The Morgan fingerprint density at radius 3 is 2.27 bits per heavy atom. The van der Waals surface area contributed by atoms with Crippen molar-refractivity contribution < 1.29 is 32.6 Å². The molecule has 0 radical (unpaired) electrons. The number of ether oxygens (including phenoxy) is 1. The fourth-order valence-electron chi connectivity index (χ4n) is 3.75. The number of rotatable bonds is 6. The highest BCUT2D eigenvalue weighted by molar-refractivity contribution is 5.94. The quantitative estimate of drug-likeness (QED) is 0.693. The summed E-state index contributed by atoms with van der Waals surface area (Å²) >= 11 is 0. The number of likely N-dealkylation sites (tertiary alicyclic amines) is 1. The minimum Gasteiger partial charge on any atom is -0.475 e. The van der Waals surface area contributed by atoms with E-state index in [-0.39, 0.29) is 12.0 Å². The number of pyridine rings is 1. The van der Waals surface area contributed by atoms with Crippen LogP contribution in [0.3, 0.4) is 0 Å². The zero-order valence-electron chi connectivity index (χ0n) is 18.1. The maximum atomic E-state index is 12.8. The Labute approximate surface area is 190 Å². The molecule has 178 valence electrons. The lowest BCUT2D eigenvalue weighted by Gasteiger charge is -2.38. The number of aromatic nitrogens is 1. The van der Waals surface area contributed by atoms with Crippen molar-refractivity contribution in [3.8, 4) is 0 Å². The third-order valence-electron chi connectivity index (χ3n) is 5.70. The smallest absolute Gasteiger partial charge is 0.475 e. The number of benzene rings is 1. The standard InChI is InChI=1S/C22H26N2O2.C2HF3O2/c25-22(19-8-11-23-12-9-19)24-13-10-21(26-16-18-6-7-18)20(15-24)14-17-4-2-1-3-5-17;3-2(4,5)1(6)7/h1-5,8-9,11-12,18,20-21H,6-7,10,13-16H2;(H,6,7)/t20-,21+;/m0./s1. The van der Waals surface area contributed by atoms with Crippen LogP contribution in [0.1, 0.15) is 35.2 Å². The van der Waals surface area contributed by atoms with Gasteiger partial charge in [-0.05, 0) is 49.3 Å². The van der Waals surface area contributed by atoms with Crippen LogP contribution in [0.5, 0.6) is 0 Å². The first-order valence-electron chi connectivity index (χ1n) is 10.9. The molecule has 1 saturated carbocycles. The van der Waals surface area contributed by atoms with Crippen molar-refractivity contribution in [3.05, 3.63) is 66.0 Å². The number of hydrogen-bond donors (Lipinski definition) is 1. The van der Waals surface area contributed by atoms with E-state index in [1.165, 1.54) is 18.4 Å². The number of hydrogen-bond acceptors (Lipinski definition) is 4. The number of carboxylic acids is 1. The van der Waals surface area contributed by atoms with Crippen LogP contribution in [0, 0.1) is 11.8 Å². The first kappa shape index (κ1) is 24.7. The van der Waals surface area contributed by atoms with Crippen molar-refractivity contribution in [2.75, 3.05) is 19.7 Å². The van der Waals surface area contributed by atoms with E-state index in [0.29, 0.717) is 5.92 Å². The first-order chi connectivity index (χ1) is 15.7. The number of piperidine rings is 1. The lowest BCUT2D eigenvalue weighted by molar-refractivity contribution is -0.192. The monoisotopic (exact) mass is 464 g/mol. The molecule has 1 aromatic carbocycles. The summed E-state index contributed by atoms with van der Waals surface area (Å²) in [4.78, 5) is 27.7. The van der Waals surface area contributed by atoms with Crippen molar-refractivity contribution in [1.29, 1.82) is 0 Å². The molecule has 33 heavy (non-hydrogen) atoms. The Morgan fingerprint density at radius 2 is 1.70 bits per heavy atom. The summed E-state index contributed by atoms with van der Waals surface area (Å²) in [6.45, 7) is 2.40. The van der Waals surface area contributed by atoms with Crippen molar-refractivity contribution in [3.63, 3.8) is 0 Å². The Bertz CT molecular complexity index is 905. The average Bonchev–Trinajstić information content (AvgIpc) is 3.63. The van der Waals surface area contributed by atoms with Crippen LogP contribution in [0.25, 0.3) is 0 Å². The van der Waals surface area contributed by atoms with Gasteiger partial charge in [0.25, 0.3) is 5.91 Å².